The Labute approximate surface area is 173 Å². The average molecular weight is 405 g/mol. The van der Waals surface area contributed by atoms with Gasteiger partial charge < -0.3 is 4.74 Å². The van der Waals surface area contributed by atoms with E-state index in [0.717, 1.165) is 12.8 Å². The molecule has 1 aromatic carbocycles. The molecular formula is C24H40O3Si. The highest BCUT2D eigenvalue weighted by molar-refractivity contribution is 6.91. The number of hydrogen-bond donors (Lipinski definition) is 0. The van der Waals surface area contributed by atoms with E-state index in [0.29, 0.717) is 31.7 Å². The Morgan fingerprint density at radius 3 is 2.11 bits per heavy atom. The maximum absolute atomic E-state index is 12.7. The number of carbonyl (C=O) groups excluding carboxylic acids is 2. The van der Waals surface area contributed by atoms with Crippen LogP contribution >= 0.6 is 0 Å². The Morgan fingerprint density at radius 1 is 0.893 bits per heavy atom. The molecule has 0 radical (unpaired) electrons. The van der Waals surface area contributed by atoms with Gasteiger partial charge in [0.2, 0.25) is 0 Å². The molecule has 0 heterocycles. The summed E-state index contributed by atoms with van der Waals surface area (Å²) in [6.07, 6.45) is 10.0. The first-order valence-corrected chi connectivity index (χ1v) is 14.2. The molecule has 0 aliphatic heterocycles. The zero-order chi connectivity index (χ0) is 20.8. The van der Waals surface area contributed by atoms with Crippen molar-refractivity contribution in [3.05, 3.63) is 30.3 Å². The fraction of sp³-hybridized carbons (Fsp3) is 0.667. The van der Waals surface area contributed by atoms with E-state index in [2.05, 4.69) is 32.2 Å². The van der Waals surface area contributed by atoms with Crippen molar-refractivity contribution in [3.63, 3.8) is 0 Å². The van der Waals surface area contributed by atoms with Crippen LogP contribution in [0.3, 0.4) is 0 Å². The number of ketones is 1. The highest BCUT2D eigenvalue weighted by Crippen LogP contribution is 2.31. The van der Waals surface area contributed by atoms with E-state index in [1.54, 1.807) is 0 Å². The zero-order valence-corrected chi connectivity index (χ0v) is 19.5. The van der Waals surface area contributed by atoms with Crippen molar-refractivity contribution >= 4 is 25.0 Å². The summed E-state index contributed by atoms with van der Waals surface area (Å²) < 4.78 is 5.20. The Bertz CT molecular complexity index is 568. The Hall–Kier alpha value is -1.42. The smallest absolute Gasteiger partial charge is 0.305 e. The topological polar surface area (TPSA) is 43.4 Å². The van der Waals surface area contributed by atoms with Gasteiger partial charge >= 0.3 is 5.97 Å². The van der Waals surface area contributed by atoms with Crippen LogP contribution in [0.15, 0.2) is 30.3 Å². The van der Waals surface area contributed by atoms with Crippen molar-refractivity contribution in [1.82, 2.24) is 0 Å². The van der Waals surface area contributed by atoms with Crippen LogP contribution < -0.4 is 5.19 Å². The molecule has 0 aromatic heterocycles. The fourth-order valence-corrected chi connectivity index (χ4v) is 6.70. The van der Waals surface area contributed by atoms with Gasteiger partial charge in [-0.15, -0.1) is 0 Å². The van der Waals surface area contributed by atoms with Gasteiger partial charge in [0.25, 0.3) is 0 Å². The number of rotatable bonds is 15. The van der Waals surface area contributed by atoms with E-state index < -0.39 is 8.07 Å². The zero-order valence-electron chi connectivity index (χ0n) is 18.5. The molecular weight excluding hydrogens is 364 g/mol. The quantitative estimate of drug-likeness (QED) is 0.204. The molecule has 28 heavy (non-hydrogen) atoms. The van der Waals surface area contributed by atoms with Crippen molar-refractivity contribution in [2.45, 2.75) is 96.7 Å². The monoisotopic (exact) mass is 404 g/mol. The van der Waals surface area contributed by atoms with Gasteiger partial charge in [0.05, 0.1) is 14.7 Å². The third-order valence-corrected chi connectivity index (χ3v) is 10.1. The average Bonchev–Trinajstić information content (AvgIpc) is 2.67. The molecule has 0 saturated heterocycles. The minimum atomic E-state index is -1.95. The van der Waals surface area contributed by atoms with Crippen LogP contribution in [0.4, 0.5) is 0 Å². The van der Waals surface area contributed by atoms with Crippen molar-refractivity contribution < 1.29 is 14.3 Å². The maximum Gasteiger partial charge on any atom is 0.305 e. The van der Waals surface area contributed by atoms with Gasteiger partial charge in [-0.05, 0) is 18.9 Å². The molecule has 0 bridgehead atoms. The van der Waals surface area contributed by atoms with Crippen LogP contribution in [-0.4, -0.2) is 26.4 Å². The molecule has 0 fully saturated rings. The van der Waals surface area contributed by atoms with E-state index in [1.807, 2.05) is 25.1 Å². The summed E-state index contributed by atoms with van der Waals surface area (Å²) in [6, 6.07) is 10.4. The molecule has 0 saturated carbocycles. The Kier molecular flexibility index (Phi) is 12.0. The van der Waals surface area contributed by atoms with E-state index in [4.69, 9.17) is 4.74 Å². The number of unbranched alkanes of at least 4 members (excludes halogenated alkanes) is 6. The SMILES string of the molecule is CCCCCCCCCC(=O)C[C@@H](CC(=O)OCC)[Si](C)(C)c1ccccc1. The standard InChI is InChI=1S/C24H40O3Si/c1-5-7-8-9-10-11-13-16-21(25)19-23(20-24(26)27-6-2)28(3,4)22-17-14-12-15-18-22/h12,14-15,17-18,23H,5-11,13,16,19-20H2,1-4H3/t23-/m0/s1. The molecule has 1 atom stereocenters. The summed E-state index contributed by atoms with van der Waals surface area (Å²) in [6.45, 7) is 9.00. The lowest BCUT2D eigenvalue weighted by Gasteiger charge is -2.32. The Morgan fingerprint density at radius 2 is 1.50 bits per heavy atom. The molecule has 0 N–H and O–H groups in total. The summed E-state index contributed by atoms with van der Waals surface area (Å²) >= 11 is 0. The predicted molar refractivity (Wildman–Crippen MR) is 121 cm³/mol. The Balaban J connectivity index is 2.62. The highest BCUT2D eigenvalue weighted by Gasteiger charge is 2.36. The summed E-state index contributed by atoms with van der Waals surface area (Å²) in [4.78, 5) is 24.9. The summed E-state index contributed by atoms with van der Waals surface area (Å²) in [5.41, 5.74) is 0.0889. The highest BCUT2D eigenvalue weighted by atomic mass is 28.3. The summed E-state index contributed by atoms with van der Waals surface area (Å²) in [7, 11) is -1.95. The van der Waals surface area contributed by atoms with Gasteiger partial charge in [0.15, 0.2) is 0 Å². The van der Waals surface area contributed by atoms with Gasteiger partial charge in [0, 0.05) is 19.3 Å². The molecule has 1 aromatic rings. The summed E-state index contributed by atoms with van der Waals surface area (Å²) in [5, 5.41) is 1.30. The number of hydrogen-bond acceptors (Lipinski definition) is 3. The molecule has 0 amide bonds. The van der Waals surface area contributed by atoms with Crippen LogP contribution in [0.25, 0.3) is 0 Å². The van der Waals surface area contributed by atoms with Gasteiger partial charge in [-0.2, -0.15) is 0 Å². The van der Waals surface area contributed by atoms with Crippen molar-refractivity contribution in [3.8, 4) is 0 Å². The lowest BCUT2D eigenvalue weighted by atomic mass is 10.0. The van der Waals surface area contributed by atoms with Crippen molar-refractivity contribution in [2.24, 2.45) is 0 Å². The first-order valence-electron chi connectivity index (χ1n) is 11.1. The molecule has 4 heteroatoms. The second-order valence-electron chi connectivity index (χ2n) is 8.41. The largest absolute Gasteiger partial charge is 0.466 e. The fourth-order valence-electron chi connectivity index (χ4n) is 3.76. The first kappa shape index (κ1) is 24.6. The molecule has 0 spiro atoms. The van der Waals surface area contributed by atoms with Crippen LogP contribution in [0.2, 0.25) is 18.6 Å². The predicted octanol–water partition coefficient (Wildman–Crippen LogP) is 6.03. The molecule has 158 valence electrons. The van der Waals surface area contributed by atoms with E-state index in [9.17, 15) is 9.59 Å². The number of ether oxygens (including phenoxy) is 1. The molecule has 3 nitrogen and oxygen atoms in total. The second-order valence-corrected chi connectivity index (χ2v) is 13.2. The van der Waals surface area contributed by atoms with Crippen LogP contribution in [0.1, 0.15) is 78.1 Å². The van der Waals surface area contributed by atoms with Crippen LogP contribution in [-0.2, 0) is 14.3 Å². The van der Waals surface area contributed by atoms with E-state index in [-0.39, 0.29) is 11.5 Å². The third kappa shape index (κ3) is 9.18. The van der Waals surface area contributed by atoms with Crippen LogP contribution in [0.5, 0.6) is 0 Å². The first-order chi connectivity index (χ1) is 13.4. The second kappa shape index (κ2) is 13.7. The summed E-state index contributed by atoms with van der Waals surface area (Å²) in [5.74, 6) is 0.132. The minimum absolute atomic E-state index is 0.0889. The van der Waals surface area contributed by atoms with E-state index in [1.165, 1.54) is 37.3 Å². The van der Waals surface area contributed by atoms with Crippen LogP contribution in [0, 0.1) is 0 Å². The lowest BCUT2D eigenvalue weighted by molar-refractivity contribution is -0.143. The normalized spacial score (nSPS) is 12.6. The molecule has 0 unspecified atom stereocenters. The molecule has 0 aliphatic rings. The van der Waals surface area contributed by atoms with Crippen molar-refractivity contribution in [1.29, 1.82) is 0 Å². The number of carbonyl (C=O) groups is 2. The maximum atomic E-state index is 12.7. The third-order valence-electron chi connectivity index (χ3n) is 5.79. The molecule has 0 aliphatic carbocycles. The van der Waals surface area contributed by atoms with Gasteiger partial charge in [-0.25, -0.2) is 0 Å². The van der Waals surface area contributed by atoms with E-state index >= 15 is 0 Å². The van der Waals surface area contributed by atoms with Gasteiger partial charge in [-0.3, -0.25) is 9.59 Å². The number of benzene rings is 1. The molecule has 1 rings (SSSR count). The minimum Gasteiger partial charge on any atom is -0.466 e. The number of Topliss-reactive ketones (excluding diaryl/α,β-unsaturated/α-hetero) is 1. The number of esters is 1. The van der Waals surface area contributed by atoms with Crippen molar-refractivity contribution in [2.75, 3.05) is 6.61 Å². The lowest BCUT2D eigenvalue weighted by Crippen LogP contribution is -2.47. The van der Waals surface area contributed by atoms with Gasteiger partial charge in [-0.1, -0.05) is 94.1 Å². The van der Waals surface area contributed by atoms with Gasteiger partial charge in [0.1, 0.15) is 5.78 Å².